The van der Waals surface area contributed by atoms with Gasteiger partial charge in [-0.3, -0.25) is 9.36 Å². The second-order valence-corrected chi connectivity index (χ2v) is 10.2. The number of halogens is 1. The highest BCUT2D eigenvalue weighted by Gasteiger charge is 2.35. The number of carbonyl (C=O) groups excluding carboxylic acids is 1. The predicted molar refractivity (Wildman–Crippen MR) is 145 cm³/mol. The summed E-state index contributed by atoms with van der Waals surface area (Å²) >= 11 is 4.88. The van der Waals surface area contributed by atoms with Crippen molar-refractivity contribution in [3.63, 3.8) is 0 Å². The topological polar surface area (TPSA) is 97.6 Å². The quantitative estimate of drug-likeness (QED) is 0.381. The van der Waals surface area contributed by atoms with Crippen LogP contribution in [0, 0.1) is 0 Å². The molecule has 5 rings (SSSR count). The van der Waals surface area contributed by atoms with Gasteiger partial charge in [0.25, 0.3) is 5.56 Å². The minimum Gasteiger partial charge on any atom is -0.493 e. The molecule has 0 saturated carbocycles. The normalized spacial score (nSPS) is 16.2. The number of methoxy groups -OCH3 is 1. The number of carbonyl (C=O) groups is 1. The Morgan fingerprint density at radius 2 is 1.97 bits per heavy atom. The summed E-state index contributed by atoms with van der Waals surface area (Å²) in [6.45, 7) is 6.16. The number of ether oxygens (including phenoxy) is 5. The lowest BCUT2D eigenvalue weighted by atomic mass is 9.95. The van der Waals surface area contributed by atoms with E-state index in [2.05, 4.69) is 20.9 Å². The molecule has 1 aromatic heterocycles. The molecule has 3 heterocycles. The maximum atomic E-state index is 13.9. The van der Waals surface area contributed by atoms with Crippen molar-refractivity contribution in [2.24, 2.45) is 4.99 Å². The zero-order valence-electron chi connectivity index (χ0n) is 21.2. The van der Waals surface area contributed by atoms with Gasteiger partial charge in [-0.05, 0) is 62.2 Å². The summed E-state index contributed by atoms with van der Waals surface area (Å²) in [5.74, 6) is 1.76. The van der Waals surface area contributed by atoms with E-state index in [1.54, 1.807) is 45.2 Å². The van der Waals surface area contributed by atoms with Gasteiger partial charge in [-0.25, -0.2) is 9.79 Å². The molecule has 0 aliphatic carbocycles. The van der Waals surface area contributed by atoms with E-state index in [1.807, 2.05) is 19.1 Å². The smallest absolute Gasteiger partial charge is 0.338 e. The molecule has 0 fully saturated rings. The van der Waals surface area contributed by atoms with Gasteiger partial charge in [0.15, 0.2) is 27.8 Å². The van der Waals surface area contributed by atoms with E-state index in [1.165, 1.54) is 15.9 Å². The number of thiazole rings is 1. The average molecular weight is 601 g/mol. The Kier molecular flexibility index (Phi) is 7.31. The van der Waals surface area contributed by atoms with Gasteiger partial charge in [0.1, 0.15) is 0 Å². The standard InChI is InChI=1S/C27H25BrN2O7S/c1-5-34-21-12-17(28)16(11-19(21)33-4)24-23(26(32)35-6-2)14(3)29-27-30(24)25(31)22(38-27)10-15-7-8-18-20(9-15)37-13-36-18/h7-12,24H,5-6,13H2,1-4H3/b22-10+/t24-/m1/s1. The van der Waals surface area contributed by atoms with Gasteiger partial charge in [-0.1, -0.05) is 33.3 Å². The van der Waals surface area contributed by atoms with Gasteiger partial charge in [0, 0.05) is 4.47 Å². The number of esters is 1. The Bertz CT molecular complexity index is 1640. The molecule has 9 nitrogen and oxygen atoms in total. The molecule has 198 valence electrons. The van der Waals surface area contributed by atoms with Gasteiger partial charge in [-0.2, -0.15) is 0 Å². The van der Waals surface area contributed by atoms with Gasteiger partial charge >= 0.3 is 5.97 Å². The van der Waals surface area contributed by atoms with Crippen LogP contribution >= 0.6 is 27.3 Å². The van der Waals surface area contributed by atoms with Crippen LogP contribution in [0.3, 0.4) is 0 Å². The average Bonchev–Trinajstić information content (AvgIpc) is 3.47. The molecule has 0 amide bonds. The van der Waals surface area contributed by atoms with Crippen LogP contribution < -0.4 is 33.8 Å². The largest absolute Gasteiger partial charge is 0.493 e. The summed E-state index contributed by atoms with van der Waals surface area (Å²) in [4.78, 5) is 32.2. The molecule has 0 spiro atoms. The van der Waals surface area contributed by atoms with Crippen molar-refractivity contribution in [2.75, 3.05) is 27.1 Å². The lowest BCUT2D eigenvalue weighted by Crippen LogP contribution is -2.40. The molecule has 2 aliphatic heterocycles. The first-order valence-electron chi connectivity index (χ1n) is 12.0. The minimum absolute atomic E-state index is 0.164. The Hall–Kier alpha value is -3.57. The first-order chi connectivity index (χ1) is 18.4. The van der Waals surface area contributed by atoms with Crippen molar-refractivity contribution in [3.05, 3.63) is 76.9 Å². The van der Waals surface area contributed by atoms with Crippen molar-refractivity contribution in [1.82, 2.24) is 4.57 Å². The molecular weight excluding hydrogens is 576 g/mol. The molecular formula is C27H25BrN2O7S. The summed E-state index contributed by atoms with van der Waals surface area (Å²) in [7, 11) is 1.54. The second kappa shape index (κ2) is 10.7. The third-order valence-electron chi connectivity index (χ3n) is 6.09. The third-order valence-corrected chi connectivity index (χ3v) is 7.76. The molecule has 0 unspecified atom stereocenters. The Morgan fingerprint density at radius 1 is 1.18 bits per heavy atom. The second-order valence-electron chi connectivity index (χ2n) is 8.37. The Balaban J connectivity index is 1.72. The molecule has 11 heteroatoms. The molecule has 3 aromatic rings. The lowest BCUT2D eigenvalue weighted by Gasteiger charge is -2.26. The van der Waals surface area contributed by atoms with Crippen LogP contribution in [0.25, 0.3) is 6.08 Å². The first-order valence-corrected chi connectivity index (χ1v) is 13.6. The third kappa shape index (κ3) is 4.60. The summed E-state index contributed by atoms with van der Waals surface area (Å²) < 4.78 is 30.2. The van der Waals surface area contributed by atoms with E-state index in [4.69, 9.17) is 23.7 Å². The Morgan fingerprint density at radius 3 is 2.71 bits per heavy atom. The molecule has 38 heavy (non-hydrogen) atoms. The Labute approximate surface area is 230 Å². The van der Waals surface area contributed by atoms with Crippen LogP contribution in [0.1, 0.15) is 37.9 Å². The van der Waals surface area contributed by atoms with Crippen molar-refractivity contribution < 1.29 is 28.5 Å². The molecule has 0 saturated heterocycles. The molecule has 1 atom stereocenters. The maximum Gasteiger partial charge on any atom is 0.338 e. The summed E-state index contributed by atoms with van der Waals surface area (Å²) in [6, 6.07) is 8.22. The highest BCUT2D eigenvalue weighted by molar-refractivity contribution is 9.10. The van der Waals surface area contributed by atoms with E-state index in [9.17, 15) is 9.59 Å². The van der Waals surface area contributed by atoms with Gasteiger partial charge < -0.3 is 23.7 Å². The highest BCUT2D eigenvalue weighted by atomic mass is 79.9. The lowest BCUT2D eigenvalue weighted by molar-refractivity contribution is -0.139. The molecule has 0 N–H and O–H groups in total. The van der Waals surface area contributed by atoms with Crippen LogP contribution in [-0.2, 0) is 9.53 Å². The number of aromatic nitrogens is 1. The molecule has 2 aromatic carbocycles. The number of rotatable bonds is 7. The highest BCUT2D eigenvalue weighted by Crippen LogP contribution is 2.41. The van der Waals surface area contributed by atoms with Gasteiger partial charge in [0.2, 0.25) is 6.79 Å². The predicted octanol–water partition coefficient (Wildman–Crippen LogP) is 3.70. The van der Waals surface area contributed by atoms with E-state index in [0.29, 0.717) is 54.7 Å². The SMILES string of the molecule is CCOC(=O)C1=C(C)N=c2s/c(=C/c3ccc4c(c3)OCO4)c(=O)n2[C@@H]1c1cc(OC)c(OCC)cc1Br. The monoisotopic (exact) mass is 600 g/mol. The summed E-state index contributed by atoms with van der Waals surface area (Å²) in [5, 5.41) is 0. The van der Waals surface area contributed by atoms with E-state index < -0.39 is 12.0 Å². The molecule has 0 radical (unpaired) electrons. The number of benzene rings is 2. The number of fused-ring (bicyclic) bond motifs is 2. The first kappa shape index (κ1) is 26.1. The fourth-order valence-electron chi connectivity index (χ4n) is 4.43. The number of hydrogen-bond acceptors (Lipinski definition) is 9. The molecule has 2 aliphatic rings. The van der Waals surface area contributed by atoms with Gasteiger partial charge in [-0.15, -0.1) is 0 Å². The zero-order valence-corrected chi connectivity index (χ0v) is 23.6. The maximum absolute atomic E-state index is 13.9. The fourth-order valence-corrected chi connectivity index (χ4v) is 6.01. The van der Waals surface area contributed by atoms with Crippen molar-refractivity contribution in [2.45, 2.75) is 26.8 Å². The zero-order chi connectivity index (χ0) is 27.0. The summed E-state index contributed by atoms with van der Waals surface area (Å²) in [5.41, 5.74) is 1.88. The number of allylic oxidation sites excluding steroid dienone is 1. The van der Waals surface area contributed by atoms with Crippen LogP contribution in [0.5, 0.6) is 23.0 Å². The van der Waals surface area contributed by atoms with Crippen LogP contribution in [0.2, 0.25) is 0 Å². The minimum atomic E-state index is -0.803. The van der Waals surface area contributed by atoms with Crippen LogP contribution in [0.4, 0.5) is 0 Å². The number of nitrogens with zero attached hydrogens (tertiary/aromatic N) is 2. The molecule has 0 bridgehead atoms. The van der Waals surface area contributed by atoms with Crippen molar-refractivity contribution in [1.29, 1.82) is 0 Å². The number of hydrogen-bond donors (Lipinski definition) is 0. The van der Waals surface area contributed by atoms with Crippen LogP contribution in [0.15, 0.2) is 55.9 Å². The fraction of sp³-hybridized carbons (Fsp3) is 0.296. The van der Waals surface area contributed by atoms with Crippen molar-refractivity contribution >= 4 is 39.3 Å². The van der Waals surface area contributed by atoms with Gasteiger partial charge in [0.05, 0.1) is 42.2 Å². The van der Waals surface area contributed by atoms with E-state index >= 15 is 0 Å². The van der Waals surface area contributed by atoms with Crippen molar-refractivity contribution in [3.8, 4) is 23.0 Å². The van der Waals surface area contributed by atoms with Crippen LogP contribution in [-0.4, -0.2) is 37.7 Å². The van der Waals surface area contributed by atoms with E-state index in [-0.39, 0.29) is 24.5 Å². The van der Waals surface area contributed by atoms with E-state index in [0.717, 1.165) is 5.56 Å². The summed E-state index contributed by atoms with van der Waals surface area (Å²) in [6.07, 6.45) is 1.78.